The Morgan fingerprint density at radius 2 is 2.15 bits per heavy atom. The number of hydrogen-bond acceptors (Lipinski definition) is 4. The van der Waals surface area contributed by atoms with Gasteiger partial charge in [0.2, 0.25) is 15.9 Å². The lowest BCUT2D eigenvalue weighted by atomic mass is 10.3. The Morgan fingerprint density at radius 1 is 1.45 bits per heavy atom. The fraction of sp³-hybridized carbons (Fsp3) is 0.417. The van der Waals surface area contributed by atoms with Crippen LogP contribution in [0.4, 0.5) is 5.69 Å². The van der Waals surface area contributed by atoms with Gasteiger partial charge >= 0.3 is 0 Å². The lowest BCUT2D eigenvalue weighted by Crippen LogP contribution is -2.19. The average Bonchev–Trinajstić information content (AvgIpc) is 2.36. The summed E-state index contributed by atoms with van der Waals surface area (Å²) in [5.41, 5.74) is 0.294. The van der Waals surface area contributed by atoms with Crippen molar-refractivity contribution < 1.29 is 17.9 Å². The van der Waals surface area contributed by atoms with Gasteiger partial charge in [-0.2, -0.15) is 0 Å². The number of hydrogen-bond donors (Lipinski definition) is 2. The summed E-state index contributed by atoms with van der Waals surface area (Å²) in [5, 5.41) is 7.54. The van der Waals surface area contributed by atoms with E-state index >= 15 is 0 Å². The van der Waals surface area contributed by atoms with Crippen molar-refractivity contribution in [2.45, 2.75) is 24.7 Å². The Morgan fingerprint density at radius 3 is 2.75 bits per heavy atom. The number of rotatable bonds is 7. The largest absolute Gasteiger partial charge is 0.372 e. The number of carbonyl (C=O) groups is 1. The fourth-order valence-electron chi connectivity index (χ4n) is 1.41. The summed E-state index contributed by atoms with van der Waals surface area (Å²) in [7, 11) is -3.93. The zero-order valence-electron chi connectivity index (χ0n) is 11.1. The molecule has 8 heteroatoms. The first kappa shape index (κ1) is 16.9. The lowest BCUT2D eigenvalue weighted by molar-refractivity contribution is -0.120. The minimum Gasteiger partial charge on any atom is -0.372 e. The summed E-state index contributed by atoms with van der Waals surface area (Å²) >= 11 is 5.74. The molecule has 0 aromatic heterocycles. The molecular weight excluding hydrogens is 304 g/mol. The van der Waals surface area contributed by atoms with Crippen molar-refractivity contribution in [3.05, 3.63) is 23.2 Å². The molecular formula is C12H17ClN2O4S. The average molecular weight is 321 g/mol. The summed E-state index contributed by atoms with van der Waals surface area (Å²) in [6, 6.07) is 4.05. The summed E-state index contributed by atoms with van der Waals surface area (Å²) in [6.07, 6.45) is 1.86. The molecule has 0 bridgehead atoms. The van der Waals surface area contributed by atoms with Crippen LogP contribution in [0.5, 0.6) is 0 Å². The molecule has 1 rings (SSSR count). The highest BCUT2D eigenvalue weighted by Gasteiger charge is 2.14. The minimum atomic E-state index is -3.93. The topological polar surface area (TPSA) is 98.5 Å². The molecule has 6 nitrogen and oxygen atoms in total. The number of nitrogens with one attached hydrogen (secondary N) is 1. The number of ether oxygens (including phenoxy) is 1. The summed E-state index contributed by atoms with van der Waals surface area (Å²) in [6.45, 7) is 2.44. The van der Waals surface area contributed by atoms with Crippen LogP contribution in [0.15, 0.2) is 23.1 Å². The highest BCUT2D eigenvalue weighted by atomic mass is 35.5. The SMILES string of the molecule is CCCCOCC(=O)Nc1ccc(Cl)c(S(N)(=O)=O)c1. The van der Waals surface area contributed by atoms with Crippen molar-refractivity contribution >= 4 is 33.2 Å². The van der Waals surface area contributed by atoms with Crippen molar-refractivity contribution in [1.82, 2.24) is 0 Å². The van der Waals surface area contributed by atoms with E-state index in [1.807, 2.05) is 6.92 Å². The number of anilines is 1. The number of nitrogens with two attached hydrogens (primary N) is 1. The second-order valence-corrected chi connectivity index (χ2v) is 6.08. The van der Waals surface area contributed by atoms with Crippen LogP contribution in [0.2, 0.25) is 5.02 Å². The van der Waals surface area contributed by atoms with Crippen LogP contribution in [-0.2, 0) is 19.6 Å². The van der Waals surface area contributed by atoms with Crippen molar-refractivity contribution in [1.29, 1.82) is 0 Å². The quantitative estimate of drug-likeness (QED) is 0.747. The Labute approximate surface area is 123 Å². The summed E-state index contributed by atoms with van der Waals surface area (Å²) in [4.78, 5) is 11.3. The normalized spacial score (nSPS) is 11.3. The Balaban J connectivity index is 2.67. The van der Waals surface area contributed by atoms with Gasteiger partial charge in [0.15, 0.2) is 0 Å². The van der Waals surface area contributed by atoms with E-state index in [1.165, 1.54) is 18.2 Å². The van der Waals surface area contributed by atoms with Crippen molar-refractivity contribution in [3.63, 3.8) is 0 Å². The first-order valence-corrected chi connectivity index (χ1v) is 7.97. The van der Waals surface area contributed by atoms with E-state index < -0.39 is 10.0 Å². The van der Waals surface area contributed by atoms with Gasteiger partial charge in [-0.25, -0.2) is 13.6 Å². The molecule has 0 heterocycles. The van der Waals surface area contributed by atoms with Gasteiger partial charge in [-0.1, -0.05) is 24.9 Å². The standard InChI is InChI=1S/C12H17ClN2O4S/c1-2-3-6-19-8-12(16)15-9-4-5-10(13)11(7-9)20(14,17)18/h4-5,7H,2-3,6,8H2,1H3,(H,15,16)(H2,14,17,18). The number of unbranched alkanes of at least 4 members (excludes halogenated alkanes) is 1. The zero-order chi connectivity index (χ0) is 15.2. The van der Waals surface area contributed by atoms with E-state index in [1.54, 1.807) is 0 Å². The van der Waals surface area contributed by atoms with Crippen LogP contribution in [0, 0.1) is 0 Å². The third kappa shape index (κ3) is 5.46. The molecule has 0 aliphatic carbocycles. The van der Waals surface area contributed by atoms with Crippen LogP contribution in [0.25, 0.3) is 0 Å². The first-order valence-electron chi connectivity index (χ1n) is 6.04. The summed E-state index contributed by atoms with van der Waals surface area (Å²) in [5.74, 6) is -0.371. The van der Waals surface area contributed by atoms with Gasteiger partial charge in [-0.05, 0) is 24.6 Å². The highest BCUT2D eigenvalue weighted by molar-refractivity contribution is 7.89. The molecule has 3 N–H and O–H groups in total. The van der Waals surface area contributed by atoms with Gasteiger partial charge < -0.3 is 10.1 Å². The van der Waals surface area contributed by atoms with Gasteiger partial charge in [-0.15, -0.1) is 0 Å². The van der Waals surface area contributed by atoms with E-state index in [4.69, 9.17) is 21.5 Å². The monoisotopic (exact) mass is 320 g/mol. The maximum absolute atomic E-state index is 11.6. The molecule has 0 saturated heterocycles. The molecule has 0 saturated carbocycles. The summed E-state index contributed by atoms with van der Waals surface area (Å²) < 4.78 is 27.7. The van der Waals surface area contributed by atoms with Crippen LogP contribution >= 0.6 is 11.6 Å². The van der Waals surface area contributed by atoms with Gasteiger partial charge in [0, 0.05) is 12.3 Å². The smallest absolute Gasteiger partial charge is 0.250 e. The van der Waals surface area contributed by atoms with Crippen molar-refractivity contribution in [3.8, 4) is 0 Å². The number of halogens is 1. The second kappa shape index (κ2) is 7.58. The van der Waals surface area contributed by atoms with Crippen molar-refractivity contribution in [2.75, 3.05) is 18.5 Å². The minimum absolute atomic E-state index is 0.00435. The first-order chi connectivity index (χ1) is 9.34. The molecule has 0 spiro atoms. The predicted octanol–water partition coefficient (Wildman–Crippen LogP) is 1.74. The second-order valence-electron chi connectivity index (χ2n) is 4.14. The van der Waals surface area contributed by atoms with Crippen LogP contribution in [-0.4, -0.2) is 27.5 Å². The van der Waals surface area contributed by atoms with E-state index in [9.17, 15) is 13.2 Å². The fourth-order valence-corrected chi connectivity index (χ4v) is 2.48. The van der Waals surface area contributed by atoms with E-state index in [0.717, 1.165) is 12.8 Å². The third-order valence-corrected chi connectivity index (χ3v) is 3.79. The molecule has 112 valence electrons. The maximum atomic E-state index is 11.6. The molecule has 0 aliphatic heterocycles. The van der Waals surface area contributed by atoms with Crippen molar-refractivity contribution in [2.24, 2.45) is 5.14 Å². The van der Waals surface area contributed by atoms with Gasteiger partial charge in [0.05, 0.1) is 5.02 Å². The molecule has 0 aliphatic rings. The molecule has 1 amide bonds. The maximum Gasteiger partial charge on any atom is 0.250 e. The molecule has 1 aromatic rings. The van der Waals surface area contributed by atoms with Gasteiger partial charge in [-0.3, -0.25) is 4.79 Å². The lowest BCUT2D eigenvalue weighted by Gasteiger charge is -2.08. The van der Waals surface area contributed by atoms with Crippen LogP contribution in [0.1, 0.15) is 19.8 Å². The zero-order valence-corrected chi connectivity index (χ0v) is 12.6. The number of sulfonamides is 1. The van der Waals surface area contributed by atoms with Gasteiger partial charge in [0.25, 0.3) is 0 Å². The Kier molecular flexibility index (Phi) is 6.41. The van der Waals surface area contributed by atoms with Crippen LogP contribution < -0.4 is 10.5 Å². The van der Waals surface area contributed by atoms with E-state index in [0.29, 0.717) is 12.3 Å². The molecule has 1 aromatic carbocycles. The highest BCUT2D eigenvalue weighted by Crippen LogP contribution is 2.23. The number of amides is 1. The Bertz CT molecular complexity index is 575. The predicted molar refractivity (Wildman–Crippen MR) is 77.2 cm³/mol. The number of benzene rings is 1. The number of primary sulfonamides is 1. The number of carbonyl (C=O) groups excluding carboxylic acids is 1. The molecule has 0 radical (unpaired) electrons. The molecule has 0 fully saturated rings. The van der Waals surface area contributed by atoms with E-state index in [-0.39, 0.29) is 22.4 Å². The Hall–Kier alpha value is -1.15. The third-order valence-electron chi connectivity index (χ3n) is 2.40. The molecule has 0 atom stereocenters. The molecule has 20 heavy (non-hydrogen) atoms. The van der Waals surface area contributed by atoms with Crippen LogP contribution in [0.3, 0.4) is 0 Å². The molecule has 0 unspecified atom stereocenters. The van der Waals surface area contributed by atoms with Gasteiger partial charge in [0.1, 0.15) is 11.5 Å². The van der Waals surface area contributed by atoms with E-state index in [2.05, 4.69) is 5.32 Å².